The average Bonchev–Trinajstić information content (AvgIpc) is 3.32. The highest BCUT2D eigenvalue weighted by Gasteiger charge is 2.19. The van der Waals surface area contributed by atoms with Crippen LogP contribution in [0.15, 0.2) is 45.8 Å². The molecule has 0 radical (unpaired) electrons. The van der Waals surface area contributed by atoms with E-state index in [1.165, 1.54) is 0 Å². The van der Waals surface area contributed by atoms with E-state index in [0.29, 0.717) is 11.4 Å². The number of H-pyrrole nitrogens is 2. The van der Waals surface area contributed by atoms with E-state index in [1.807, 2.05) is 36.5 Å². The van der Waals surface area contributed by atoms with Crippen molar-refractivity contribution in [3.8, 4) is 22.8 Å². The highest BCUT2D eigenvalue weighted by atomic mass is 16.5. The lowest BCUT2D eigenvalue weighted by Gasteiger charge is -2.00. The van der Waals surface area contributed by atoms with E-state index in [9.17, 15) is 4.79 Å². The topological polar surface area (TPSA) is 87.6 Å². The van der Waals surface area contributed by atoms with Gasteiger partial charge in [-0.05, 0) is 55.2 Å². The standard InChI is InChI=1S/C18H14N4O2/c23-17-13(9-10-2-1-3-15(10)20-17)18-21-16(22-24-18)12-4-5-14-11(8-12)6-7-19-14/h4-9,19H,1-3H2,(H,20,23). The summed E-state index contributed by atoms with van der Waals surface area (Å²) in [4.78, 5) is 22.8. The molecule has 0 aliphatic heterocycles. The van der Waals surface area contributed by atoms with Crippen LogP contribution >= 0.6 is 0 Å². The van der Waals surface area contributed by atoms with Crippen molar-refractivity contribution in [1.82, 2.24) is 20.1 Å². The monoisotopic (exact) mass is 318 g/mol. The summed E-state index contributed by atoms with van der Waals surface area (Å²) in [5, 5.41) is 5.12. The smallest absolute Gasteiger partial charge is 0.263 e. The Hall–Kier alpha value is -3.15. The van der Waals surface area contributed by atoms with E-state index in [-0.39, 0.29) is 11.4 Å². The fraction of sp³-hybridized carbons (Fsp3) is 0.167. The lowest BCUT2D eigenvalue weighted by Crippen LogP contribution is -2.11. The Morgan fingerprint density at radius 2 is 2.08 bits per heavy atom. The minimum atomic E-state index is -0.174. The number of hydrogen-bond acceptors (Lipinski definition) is 4. The molecule has 2 N–H and O–H groups in total. The first kappa shape index (κ1) is 13.3. The van der Waals surface area contributed by atoms with Crippen molar-refractivity contribution in [2.45, 2.75) is 19.3 Å². The summed E-state index contributed by atoms with van der Waals surface area (Å²) in [6.45, 7) is 0. The van der Waals surface area contributed by atoms with E-state index in [0.717, 1.165) is 47.0 Å². The van der Waals surface area contributed by atoms with Crippen LogP contribution in [-0.2, 0) is 12.8 Å². The first-order chi connectivity index (χ1) is 11.8. The third-order valence-electron chi connectivity index (χ3n) is 4.56. The molecule has 6 heteroatoms. The van der Waals surface area contributed by atoms with Crippen molar-refractivity contribution in [3.05, 3.63) is 58.1 Å². The predicted octanol–water partition coefficient (Wildman–Crippen LogP) is 3.06. The summed E-state index contributed by atoms with van der Waals surface area (Å²) in [5.41, 5.74) is 4.37. The van der Waals surface area contributed by atoms with Crippen LogP contribution in [-0.4, -0.2) is 20.1 Å². The molecule has 1 aromatic carbocycles. The van der Waals surface area contributed by atoms with Gasteiger partial charge in [-0.1, -0.05) is 5.16 Å². The van der Waals surface area contributed by atoms with Gasteiger partial charge in [-0.15, -0.1) is 0 Å². The van der Waals surface area contributed by atoms with Gasteiger partial charge < -0.3 is 14.5 Å². The van der Waals surface area contributed by atoms with Crippen LogP contribution in [0.25, 0.3) is 33.7 Å². The molecule has 1 aliphatic rings. The van der Waals surface area contributed by atoms with Gasteiger partial charge in [-0.2, -0.15) is 4.98 Å². The maximum Gasteiger partial charge on any atom is 0.263 e. The minimum absolute atomic E-state index is 0.174. The van der Waals surface area contributed by atoms with Gasteiger partial charge in [0.25, 0.3) is 11.4 Å². The van der Waals surface area contributed by atoms with E-state index in [2.05, 4.69) is 20.1 Å². The fourth-order valence-corrected chi connectivity index (χ4v) is 3.31. The van der Waals surface area contributed by atoms with Gasteiger partial charge >= 0.3 is 0 Å². The summed E-state index contributed by atoms with van der Waals surface area (Å²) < 4.78 is 5.35. The molecule has 5 rings (SSSR count). The molecule has 0 unspecified atom stereocenters. The molecule has 0 saturated heterocycles. The van der Waals surface area contributed by atoms with Crippen molar-refractivity contribution in [3.63, 3.8) is 0 Å². The number of nitrogens with zero attached hydrogens (tertiary/aromatic N) is 2. The van der Waals surface area contributed by atoms with Crippen LogP contribution in [0.5, 0.6) is 0 Å². The normalized spacial score (nSPS) is 13.5. The van der Waals surface area contributed by atoms with Gasteiger partial charge in [-0.25, -0.2) is 0 Å². The molecule has 4 aromatic rings. The second kappa shape index (κ2) is 4.92. The molecule has 3 heterocycles. The molecule has 0 amide bonds. The number of pyridine rings is 1. The fourth-order valence-electron chi connectivity index (χ4n) is 3.31. The molecule has 6 nitrogen and oxygen atoms in total. The van der Waals surface area contributed by atoms with E-state index in [4.69, 9.17) is 4.52 Å². The molecule has 24 heavy (non-hydrogen) atoms. The van der Waals surface area contributed by atoms with E-state index >= 15 is 0 Å². The molecule has 0 spiro atoms. The van der Waals surface area contributed by atoms with Crippen LogP contribution in [0.1, 0.15) is 17.7 Å². The van der Waals surface area contributed by atoms with Gasteiger partial charge in [0.15, 0.2) is 0 Å². The molecule has 0 fully saturated rings. The Labute approximate surface area is 136 Å². The molecule has 0 atom stereocenters. The zero-order valence-electron chi connectivity index (χ0n) is 12.8. The number of aryl methyl sites for hydroxylation is 2. The zero-order chi connectivity index (χ0) is 16.1. The van der Waals surface area contributed by atoms with Gasteiger partial charge in [-0.3, -0.25) is 4.79 Å². The van der Waals surface area contributed by atoms with Crippen molar-refractivity contribution in [2.24, 2.45) is 0 Å². The molecular formula is C18H14N4O2. The van der Waals surface area contributed by atoms with E-state index in [1.54, 1.807) is 0 Å². The number of fused-ring (bicyclic) bond motifs is 2. The number of nitrogens with one attached hydrogen (secondary N) is 2. The van der Waals surface area contributed by atoms with Crippen LogP contribution < -0.4 is 5.56 Å². The molecule has 0 saturated carbocycles. The summed E-state index contributed by atoms with van der Waals surface area (Å²) in [6, 6.07) is 9.77. The second-order valence-corrected chi connectivity index (χ2v) is 6.07. The number of aromatic amines is 2. The predicted molar refractivity (Wildman–Crippen MR) is 89.7 cm³/mol. The van der Waals surface area contributed by atoms with Crippen LogP contribution in [0.4, 0.5) is 0 Å². The van der Waals surface area contributed by atoms with E-state index < -0.39 is 0 Å². The van der Waals surface area contributed by atoms with Crippen molar-refractivity contribution >= 4 is 10.9 Å². The third-order valence-corrected chi connectivity index (χ3v) is 4.56. The number of hydrogen-bond donors (Lipinski definition) is 2. The lowest BCUT2D eigenvalue weighted by molar-refractivity contribution is 0.432. The molecular weight excluding hydrogens is 304 g/mol. The zero-order valence-corrected chi connectivity index (χ0v) is 12.8. The largest absolute Gasteiger partial charge is 0.361 e. The van der Waals surface area contributed by atoms with Crippen molar-refractivity contribution < 1.29 is 4.52 Å². The highest BCUT2D eigenvalue weighted by Crippen LogP contribution is 2.26. The highest BCUT2D eigenvalue weighted by molar-refractivity contribution is 5.83. The molecule has 0 bridgehead atoms. The SMILES string of the molecule is O=c1[nH]c2c(cc1-c1nc(-c3ccc4[nH]ccc4c3)no1)CCC2. The Bertz CT molecular complexity index is 1120. The minimum Gasteiger partial charge on any atom is -0.361 e. The number of aromatic nitrogens is 4. The maximum atomic E-state index is 12.3. The van der Waals surface area contributed by atoms with Gasteiger partial charge in [0, 0.05) is 28.4 Å². The summed E-state index contributed by atoms with van der Waals surface area (Å²) in [6.07, 6.45) is 4.86. The Balaban J connectivity index is 1.59. The van der Waals surface area contributed by atoms with Gasteiger partial charge in [0.05, 0.1) is 0 Å². The van der Waals surface area contributed by atoms with Gasteiger partial charge in [0.2, 0.25) is 5.82 Å². The number of rotatable bonds is 2. The summed E-state index contributed by atoms with van der Waals surface area (Å²) >= 11 is 0. The maximum absolute atomic E-state index is 12.3. The van der Waals surface area contributed by atoms with Crippen molar-refractivity contribution in [1.29, 1.82) is 0 Å². The van der Waals surface area contributed by atoms with Crippen LogP contribution in [0.3, 0.4) is 0 Å². The third kappa shape index (κ3) is 2.00. The van der Waals surface area contributed by atoms with Gasteiger partial charge in [0.1, 0.15) is 5.56 Å². The second-order valence-electron chi connectivity index (χ2n) is 6.07. The first-order valence-electron chi connectivity index (χ1n) is 7.94. The van der Waals surface area contributed by atoms with Crippen LogP contribution in [0.2, 0.25) is 0 Å². The Morgan fingerprint density at radius 3 is 3.04 bits per heavy atom. The summed E-state index contributed by atoms with van der Waals surface area (Å²) in [5.74, 6) is 0.739. The first-order valence-corrected chi connectivity index (χ1v) is 7.94. The lowest BCUT2D eigenvalue weighted by atomic mass is 10.1. The Kier molecular flexibility index (Phi) is 2.73. The van der Waals surface area contributed by atoms with Crippen LogP contribution in [0, 0.1) is 0 Å². The summed E-state index contributed by atoms with van der Waals surface area (Å²) in [7, 11) is 0. The molecule has 1 aliphatic carbocycles. The average molecular weight is 318 g/mol. The Morgan fingerprint density at radius 1 is 1.12 bits per heavy atom. The molecule has 3 aromatic heterocycles. The number of benzene rings is 1. The van der Waals surface area contributed by atoms with Crippen molar-refractivity contribution in [2.75, 3.05) is 0 Å². The molecule has 118 valence electrons. The quantitative estimate of drug-likeness (QED) is 0.594.